The first-order chi connectivity index (χ1) is 7.02. The third kappa shape index (κ3) is 1.49. The van der Waals surface area contributed by atoms with Crippen LogP contribution in [0.15, 0.2) is 12.3 Å². The Labute approximate surface area is 92.9 Å². The fraction of sp³-hybridized carbons (Fsp3) is 0.250. The minimum Gasteiger partial charge on any atom is -0.256 e. The number of aromatic nitrogens is 1. The van der Waals surface area contributed by atoms with Crippen LogP contribution < -0.4 is 0 Å². The van der Waals surface area contributed by atoms with Crippen molar-refractivity contribution in [3.63, 3.8) is 0 Å². The Bertz CT molecular complexity index is 549. The summed E-state index contributed by atoms with van der Waals surface area (Å²) in [5.74, 6) is -0.197. The highest BCUT2D eigenvalue weighted by atomic mass is 35.5. The van der Waals surface area contributed by atoms with E-state index < -0.39 is 0 Å². The van der Waals surface area contributed by atoms with Crippen LogP contribution in [0.5, 0.6) is 0 Å². The lowest BCUT2D eigenvalue weighted by Gasteiger charge is -2.09. The first-order valence-electron chi connectivity index (χ1n) is 4.73. The highest BCUT2D eigenvalue weighted by Gasteiger charge is 2.12. The molecule has 1 heterocycles. The van der Waals surface area contributed by atoms with Gasteiger partial charge < -0.3 is 0 Å². The Morgan fingerprint density at radius 2 is 1.87 bits per heavy atom. The van der Waals surface area contributed by atoms with Crippen molar-refractivity contribution in [3.8, 4) is 0 Å². The van der Waals surface area contributed by atoms with Crippen LogP contribution in [0.3, 0.4) is 0 Å². The molecule has 0 aliphatic heterocycles. The lowest BCUT2D eigenvalue weighted by Crippen LogP contribution is -1.93. The fourth-order valence-corrected chi connectivity index (χ4v) is 2.02. The van der Waals surface area contributed by atoms with Crippen LogP contribution in [0.1, 0.15) is 16.7 Å². The largest absolute Gasteiger partial charge is 0.256 e. The molecular formula is C12H11ClFN. The standard InChI is InChI=1S/C12H11ClFN/c1-6-4-9-10(8(3)12(6)14)11(13)7(2)5-15-9/h4-5H,1-3H3. The molecule has 1 aromatic carbocycles. The van der Waals surface area contributed by atoms with E-state index in [-0.39, 0.29) is 5.82 Å². The van der Waals surface area contributed by atoms with E-state index in [1.165, 1.54) is 0 Å². The molecule has 0 saturated heterocycles. The molecule has 15 heavy (non-hydrogen) atoms. The molecule has 0 aliphatic rings. The maximum atomic E-state index is 13.7. The van der Waals surface area contributed by atoms with Crippen molar-refractivity contribution in [2.45, 2.75) is 20.8 Å². The van der Waals surface area contributed by atoms with Gasteiger partial charge in [-0.25, -0.2) is 4.39 Å². The predicted molar refractivity (Wildman–Crippen MR) is 60.9 cm³/mol. The van der Waals surface area contributed by atoms with Crippen molar-refractivity contribution in [1.29, 1.82) is 0 Å². The molecule has 2 aromatic rings. The van der Waals surface area contributed by atoms with Gasteiger partial charge in [0.15, 0.2) is 0 Å². The summed E-state index contributed by atoms with van der Waals surface area (Å²) in [4.78, 5) is 4.25. The van der Waals surface area contributed by atoms with Gasteiger partial charge in [0.2, 0.25) is 0 Å². The number of halogens is 2. The zero-order chi connectivity index (χ0) is 11.2. The smallest absolute Gasteiger partial charge is 0.129 e. The van der Waals surface area contributed by atoms with E-state index >= 15 is 0 Å². The van der Waals surface area contributed by atoms with Gasteiger partial charge in [0.25, 0.3) is 0 Å². The number of fused-ring (bicyclic) bond motifs is 1. The number of hydrogen-bond acceptors (Lipinski definition) is 1. The molecule has 0 fully saturated rings. The third-order valence-corrected chi connectivity index (χ3v) is 3.11. The van der Waals surface area contributed by atoms with Gasteiger partial charge in [-0.15, -0.1) is 0 Å². The maximum Gasteiger partial charge on any atom is 0.129 e. The number of aryl methyl sites for hydroxylation is 3. The van der Waals surface area contributed by atoms with Gasteiger partial charge in [-0.2, -0.15) is 0 Å². The molecular weight excluding hydrogens is 213 g/mol. The molecule has 3 heteroatoms. The van der Waals surface area contributed by atoms with Crippen molar-refractivity contribution in [3.05, 3.63) is 39.8 Å². The molecule has 0 radical (unpaired) electrons. The first-order valence-corrected chi connectivity index (χ1v) is 5.10. The van der Waals surface area contributed by atoms with Crippen LogP contribution >= 0.6 is 11.6 Å². The topological polar surface area (TPSA) is 12.9 Å². The van der Waals surface area contributed by atoms with Crippen LogP contribution in [0.2, 0.25) is 5.02 Å². The molecule has 0 unspecified atom stereocenters. The van der Waals surface area contributed by atoms with E-state index in [1.54, 1.807) is 26.1 Å². The van der Waals surface area contributed by atoms with E-state index in [1.807, 2.05) is 6.92 Å². The fourth-order valence-electron chi connectivity index (χ4n) is 1.74. The summed E-state index contributed by atoms with van der Waals surface area (Å²) in [7, 11) is 0. The molecule has 2 rings (SSSR count). The molecule has 0 aliphatic carbocycles. The van der Waals surface area contributed by atoms with Gasteiger partial charge in [0.05, 0.1) is 10.5 Å². The van der Waals surface area contributed by atoms with Crippen LogP contribution in [-0.2, 0) is 0 Å². The van der Waals surface area contributed by atoms with Gasteiger partial charge in [0, 0.05) is 11.6 Å². The SMILES string of the molecule is Cc1cc2ncc(C)c(Cl)c2c(C)c1F. The molecule has 0 atom stereocenters. The Balaban J connectivity index is 3.00. The van der Waals surface area contributed by atoms with E-state index in [4.69, 9.17) is 11.6 Å². The highest BCUT2D eigenvalue weighted by Crippen LogP contribution is 2.30. The molecule has 0 bridgehead atoms. The van der Waals surface area contributed by atoms with Crippen LogP contribution in [0.4, 0.5) is 4.39 Å². The summed E-state index contributed by atoms with van der Waals surface area (Å²) in [6, 6.07) is 1.73. The summed E-state index contributed by atoms with van der Waals surface area (Å²) >= 11 is 6.15. The Kier molecular flexibility index (Phi) is 2.39. The van der Waals surface area contributed by atoms with Crippen molar-refractivity contribution in [2.24, 2.45) is 0 Å². The monoisotopic (exact) mass is 223 g/mol. The summed E-state index contributed by atoms with van der Waals surface area (Å²) in [5.41, 5.74) is 2.80. The summed E-state index contributed by atoms with van der Waals surface area (Å²) < 4.78 is 13.7. The van der Waals surface area contributed by atoms with Gasteiger partial charge >= 0.3 is 0 Å². The molecule has 1 nitrogen and oxygen atoms in total. The lowest BCUT2D eigenvalue weighted by atomic mass is 10.0. The van der Waals surface area contributed by atoms with E-state index in [9.17, 15) is 4.39 Å². The summed E-state index contributed by atoms with van der Waals surface area (Å²) in [6.07, 6.45) is 1.71. The van der Waals surface area contributed by atoms with Gasteiger partial charge in [-0.1, -0.05) is 11.6 Å². The number of nitrogens with zero attached hydrogens (tertiary/aromatic N) is 1. The van der Waals surface area contributed by atoms with Crippen molar-refractivity contribution in [1.82, 2.24) is 4.98 Å². The zero-order valence-electron chi connectivity index (χ0n) is 8.86. The van der Waals surface area contributed by atoms with Gasteiger partial charge in [-0.05, 0) is 43.5 Å². The average Bonchev–Trinajstić information content (AvgIpc) is 2.20. The minimum atomic E-state index is -0.197. The molecule has 0 amide bonds. The predicted octanol–water partition coefficient (Wildman–Crippen LogP) is 3.95. The molecule has 0 saturated carbocycles. The van der Waals surface area contributed by atoms with Crippen LogP contribution in [-0.4, -0.2) is 4.98 Å². The minimum absolute atomic E-state index is 0.197. The average molecular weight is 224 g/mol. The molecule has 0 N–H and O–H groups in total. The highest BCUT2D eigenvalue weighted by molar-refractivity contribution is 6.36. The quantitative estimate of drug-likeness (QED) is 0.659. The second-order valence-corrected chi connectivity index (χ2v) is 4.16. The zero-order valence-corrected chi connectivity index (χ0v) is 9.61. The normalized spacial score (nSPS) is 11.0. The second-order valence-electron chi connectivity index (χ2n) is 3.78. The number of hydrogen-bond donors (Lipinski definition) is 0. The Hall–Kier alpha value is -1.15. The van der Waals surface area contributed by atoms with Crippen LogP contribution in [0, 0.1) is 26.6 Å². The second kappa shape index (κ2) is 3.46. The van der Waals surface area contributed by atoms with Gasteiger partial charge in [0.1, 0.15) is 5.82 Å². The van der Waals surface area contributed by atoms with E-state index in [0.29, 0.717) is 16.1 Å². The molecule has 1 aromatic heterocycles. The summed E-state index contributed by atoms with van der Waals surface area (Å²) in [6.45, 7) is 5.33. The van der Waals surface area contributed by atoms with E-state index in [2.05, 4.69) is 4.98 Å². The molecule has 0 spiro atoms. The first kappa shape index (κ1) is 10.4. The third-order valence-electron chi connectivity index (χ3n) is 2.62. The van der Waals surface area contributed by atoms with Crippen molar-refractivity contribution >= 4 is 22.5 Å². The number of pyridine rings is 1. The Morgan fingerprint density at radius 1 is 1.20 bits per heavy atom. The van der Waals surface area contributed by atoms with Crippen molar-refractivity contribution < 1.29 is 4.39 Å². The van der Waals surface area contributed by atoms with Crippen molar-refractivity contribution in [2.75, 3.05) is 0 Å². The van der Waals surface area contributed by atoms with Gasteiger partial charge in [-0.3, -0.25) is 4.98 Å². The summed E-state index contributed by atoms with van der Waals surface area (Å²) in [5, 5.41) is 1.32. The van der Waals surface area contributed by atoms with Crippen LogP contribution in [0.25, 0.3) is 10.9 Å². The lowest BCUT2D eigenvalue weighted by molar-refractivity contribution is 0.611. The number of rotatable bonds is 0. The molecule has 78 valence electrons. The van der Waals surface area contributed by atoms with E-state index in [0.717, 1.165) is 16.5 Å². The number of benzene rings is 1. The maximum absolute atomic E-state index is 13.7. The Morgan fingerprint density at radius 3 is 2.53 bits per heavy atom.